The summed E-state index contributed by atoms with van der Waals surface area (Å²) in [6, 6.07) is 9.88. The summed E-state index contributed by atoms with van der Waals surface area (Å²) in [4.78, 5) is 14.5. The van der Waals surface area contributed by atoms with Crippen molar-refractivity contribution in [3.05, 3.63) is 53.1 Å². The molecule has 1 amide bonds. The van der Waals surface area contributed by atoms with E-state index in [0.29, 0.717) is 24.5 Å². The molecule has 0 aromatic heterocycles. The van der Waals surface area contributed by atoms with Crippen LogP contribution in [0.1, 0.15) is 34.3 Å². The van der Waals surface area contributed by atoms with Gasteiger partial charge in [-0.1, -0.05) is 6.07 Å². The number of hydrogen-bond donors (Lipinski definition) is 1. The summed E-state index contributed by atoms with van der Waals surface area (Å²) in [5.74, 6) is 0.171. The van der Waals surface area contributed by atoms with Gasteiger partial charge in [0.15, 0.2) is 0 Å². The highest BCUT2D eigenvalue weighted by Crippen LogP contribution is 2.27. The van der Waals surface area contributed by atoms with E-state index in [1.165, 1.54) is 25.3 Å². The van der Waals surface area contributed by atoms with E-state index in [4.69, 9.17) is 4.74 Å². The topological polar surface area (TPSA) is 75.7 Å². The molecule has 0 spiro atoms. The minimum Gasteiger partial charge on any atom is -0.496 e. The molecule has 1 aliphatic rings. The third-order valence-electron chi connectivity index (χ3n) is 4.58. The Bertz CT molecular complexity index is 944. The molecule has 1 fully saturated rings. The third-order valence-corrected chi connectivity index (χ3v) is 5.96. The molecule has 144 valence electrons. The fourth-order valence-corrected chi connectivity index (χ4v) is 4.43. The predicted molar refractivity (Wildman–Crippen MR) is 105 cm³/mol. The second-order valence-electron chi connectivity index (χ2n) is 6.84. The van der Waals surface area contributed by atoms with Crippen molar-refractivity contribution in [3.63, 3.8) is 0 Å². The van der Waals surface area contributed by atoms with E-state index in [1.54, 1.807) is 17.0 Å². The van der Waals surface area contributed by atoms with Gasteiger partial charge >= 0.3 is 0 Å². The normalized spacial score (nSPS) is 14.3. The number of ether oxygens (including phenoxy) is 1. The molecule has 27 heavy (non-hydrogen) atoms. The second kappa shape index (κ2) is 7.60. The Hall–Kier alpha value is -2.54. The van der Waals surface area contributed by atoms with Crippen LogP contribution in [0.4, 0.5) is 5.69 Å². The SMILES string of the molecule is COc1ccc(S(=O)(=O)Nc2cc(C)cc(C)c2)cc1C(=O)N1CCCC1. The van der Waals surface area contributed by atoms with Crippen molar-refractivity contribution in [2.45, 2.75) is 31.6 Å². The van der Waals surface area contributed by atoms with Crippen LogP contribution in [0.25, 0.3) is 0 Å². The zero-order chi connectivity index (χ0) is 19.6. The molecule has 1 heterocycles. The maximum Gasteiger partial charge on any atom is 0.261 e. The number of aryl methyl sites for hydroxylation is 2. The number of carbonyl (C=O) groups is 1. The number of anilines is 1. The first kappa shape index (κ1) is 19.2. The molecule has 0 bridgehead atoms. The number of nitrogens with zero attached hydrogens (tertiary/aromatic N) is 1. The van der Waals surface area contributed by atoms with Gasteiger partial charge in [0.2, 0.25) is 0 Å². The molecule has 7 heteroatoms. The highest BCUT2D eigenvalue weighted by Gasteiger charge is 2.25. The number of sulfonamides is 1. The van der Waals surface area contributed by atoms with E-state index >= 15 is 0 Å². The fraction of sp³-hybridized carbons (Fsp3) is 0.350. The summed E-state index contributed by atoms with van der Waals surface area (Å²) in [6.07, 6.45) is 1.92. The second-order valence-corrected chi connectivity index (χ2v) is 8.53. The molecule has 0 saturated carbocycles. The standard InChI is InChI=1S/C20H24N2O4S/c1-14-10-15(2)12-16(11-14)21-27(24,25)17-6-7-19(26-3)18(13-17)20(23)22-8-4-5-9-22/h6-7,10-13,21H,4-5,8-9H2,1-3H3. The van der Waals surface area contributed by atoms with E-state index in [2.05, 4.69) is 4.72 Å². The molecule has 0 radical (unpaired) electrons. The lowest BCUT2D eigenvalue weighted by molar-refractivity contribution is 0.0789. The van der Waals surface area contributed by atoms with Gasteiger partial charge in [-0.2, -0.15) is 0 Å². The Morgan fingerprint density at radius 1 is 1.04 bits per heavy atom. The lowest BCUT2D eigenvalue weighted by Gasteiger charge is -2.18. The molecular weight excluding hydrogens is 364 g/mol. The first-order valence-corrected chi connectivity index (χ1v) is 10.4. The Kier molecular flexibility index (Phi) is 5.41. The molecule has 1 saturated heterocycles. The van der Waals surface area contributed by atoms with Crippen molar-refractivity contribution in [3.8, 4) is 5.75 Å². The maximum absolute atomic E-state index is 12.8. The van der Waals surface area contributed by atoms with Crippen molar-refractivity contribution >= 4 is 21.6 Å². The van der Waals surface area contributed by atoms with Crippen LogP contribution >= 0.6 is 0 Å². The average molecular weight is 388 g/mol. The number of carbonyl (C=O) groups excluding carboxylic acids is 1. The molecule has 0 aliphatic carbocycles. The van der Waals surface area contributed by atoms with E-state index < -0.39 is 10.0 Å². The van der Waals surface area contributed by atoms with E-state index in [0.717, 1.165) is 24.0 Å². The van der Waals surface area contributed by atoms with Crippen LogP contribution in [0.2, 0.25) is 0 Å². The lowest BCUT2D eigenvalue weighted by atomic mass is 10.1. The summed E-state index contributed by atoms with van der Waals surface area (Å²) in [5, 5.41) is 0. The van der Waals surface area contributed by atoms with Gasteiger partial charge in [0, 0.05) is 18.8 Å². The molecule has 0 unspecified atom stereocenters. The fourth-order valence-electron chi connectivity index (χ4n) is 3.36. The smallest absolute Gasteiger partial charge is 0.261 e. The van der Waals surface area contributed by atoms with Gasteiger partial charge in [0.05, 0.1) is 17.6 Å². The Morgan fingerprint density at radius 2 is 1.67 bits per heavy atom. The van der Waals surface area contributed by atoms with Crippen LogP contribution < -0.4 is 9.46 Å². The summed E-state index contributed by atoms with van der Waals surface area (Å²) in [5.41, 5.74) is 2.69. The van der Waals surface area contributed by atoms with Gasteiger partial charge in [-0.25, -0.2) is 8.42 Å². The summed E-state index contributed by atoms with van der Waals surface area (Å²) < 4.78 is 33.6. The monoisotopic (exact) mass is 388 g/mol. The molecule has 0 atom stereocenters. The zero-order valence-electron chi connectivity index (χ0n) is 15.8. The molecule has 2 aromatic rings. The first-order valence-electron chi connectivity index (χ1n) is 8.88. The number of likely N-dealkylation sites (tertiary alicyclic amines) is 1. The van der Waals surface area contributed by atoms with Gasteiger partial charge in [0.1, 0.15) is 5.75 Å². The molecule has 3 rings (SSSR count). The Balaban J connectivity index is 1.95. The van der Waals surface area contributed by atoms with Gasteiger partial charge in [-0.15, -0.1) is 0 Å². The van der Waals surface area contributed by atoms with E-state index in [9.17, 15) is 13.2 Å². The molecule has 1 N–H and O–H groups in total. The van der Waals surface area contributed by atoms with Crippen LogP contribution in [0.15, 0.2) is 41.3 Å². The minimum atomic E-state index is -3.83. The maximum atomic E-state index is 12.8. The van der Waals surface area contributed by atoms with Crippen LogP contribution in [0.3, 0.4) is 0 Å². The first-order chi connectivity index (χ1) is 12.8. The number of nitrogens with one attached hydrogen (secondary N) is 1. The molecule has 2 aromatic carbocycles. The highest BCUT2D eigenvalue weighted by atomic mass is 32.2. The number of hydrogen-bond acceptors (Lipinski definition) is 4. The Morgan fingerprint density at radius 3 is 2.26 bits per heavy atom. The largest absolute Gasteiger partial charge is 0.496 e. The van der Waals surface area contributed by atoms with E-state index in [1.807, 2.05) is 19.9 Å². The van der Waals surface area contributed by atoms with Crippen molar-refractivity contribution in [1.82, 2.24) is 4.90 Å². The highest BCUT2D eigenvalue weighted by molar-refractivity contribution is 7.92. The quantitative estimate of drug-likeness (QED) is 0.852. The summed E-state index contributed by atoms with van der Waals surface area (Å²) in [6.45, 7) is 5.18. The van der Waals surface area contributed by atoms with Crippen molar-refractivity contribution in [2.24, 2.45) is 0 Å². The van der Waals surface area contributed by atoms with Gasteiger partial charge in [-0.3, -0.25) is 9.52 Å². The molecule has 1 aliphatic heterocycles. The lowest BCUT2D eigenvalue weighted by Crippen LogP contribution is -2.28. The number of methoxy groups -OCH3 is 1. The van der Waals surface area contributed by atoms with Crippen molar-refractivity contribution < 1.29 is 17.9 Å². The summed E-state index contributed by atoms with van der Waals surface area (Å²) >= 11 is 0. The van der Waals surface area contributed by atoms with Gasteiger partial charge in [0.25, 0.3) is 15.9 Å². The van der Waals surface area contributed by atoms with Crippen molar-refractivity contribution in [2.75, 3.05) is 24.9 Å². The predicted octanol–water partition coefficient (Wildman–Crippen LogP) is 3.35. The number of rotatable bonds is 5. The van der Waals surface area contributed by atoms with Crippen LogP contribution in [0.5, 0.6) is 5.75 Å². The van der Waals surface area contributed by atoms with Crippen LogP contribution in [-0.2, 0) is 10.0 Å². The number of amides is 1. The Labute approximate surface area is 160 Å². The third kappa shape index (κ3) is 4.24. The van der Waals surface area contributed by atoms with Crippen LogP contribution in [0, 0.1) is 13.8 Å². The molecule has 6 nitrogen and oxygen atoms in total. The van der Waals surface area contributed by atoms with E-state index in [-0.39, 0.29) is 16.4 Å². The molecular formula is C20H24N2O4S. The summed E-state index contributed by atoms with van der Waals surface area (Å²) in [7, 11) is -2.36. The van der Waals surface area contributed by atoms with Crippen LogP contribution in [-0.4, -0.2) is 39.4 Å². The van der Waals surface area contributed by atoms with Gasteiger partial charge < -0.3 is 9.64 Å². The zero-order valence-corrected chi connectivity index (χ0v) is 16.6. The van der Waals surface area contributed by atoms with Gasteiger partial charge in [-0.05, 0) is 68.1 Å². The number of benzene rings is 2. The average Bonchev–Trinajstić information content (AvgIpc) is 3.13. The van der Waals surface area contributed by atoms with Crippen molar-refractivity contribution in [1.29, 1.82) is 0 Å². The minimum absolute atomic E-state index is 0.0324.